The minimum absolute atomic E-state index is 0.0328. The summed E-state index contributed by atoms with van der Waals surface area (Å²) in [7, 11) is 0. The third-order valence-corrected chi connectivity index (χ3v) is 2.99. The van der Waals surface area contributed by atoms with E-state index in [2.05, 4.69) is 20.4 Å². The maximum Gasteiger partial charge on any atom is 0.335 e. The Bertz CT molecular complexity index is 235. The van der Waals surface area contributed by atoms with Crippen LogP contribution < -0.4 is 0 Å². The van der Waals surface area contributed by atoms with Gasteiger partial charge in [-0.15, -0.1) is 0 Å². The summed E-state index contributed by atoms with van der Waals surface area (Å²) in [6, 6.07) is 0. The monoisotopic (exact) mass is 198 g/mol. The fourth-order valence-corrected chi connectivity index (χ4v) is 1.53. The Morgan fingerprint density at radius 3 is 2.43 bits per heavy atom. The lowest BCUT2D eigenvalue weighted by atomic mass is 9.78. The second-order valence-electron chi connectivity index (χ2n) is 3.90. The van der Waals surface area contributed by atoms with Gasteiger partial charge in [-0.3, -0.25) is 0 Å². The molecule has 0 bridgehead atoms. The molecule has 0 spiro atoms. The number of hydrogen-bond donors (Lipinski definition) is 0. The lowest BCUT2D eigenvalue weighted by Gasteiger charge is -2.46. The summed E-state index contributed by atoms with van der Waals surface area (Å²) in [4.78, 5) is 11.3. The van der Waals surface area contributed by atoms with E-state index >= 15 is 0 Å². The van der Waals surface area contributed by atoms with Gasteiger partial charge in [-0.1, -0.05) is 20.4 Å². The molecule has 1 heterocycles. The van der Waals surface area contributed by atoms with Crippen LogP contribution in [0.2, 0.25) is 0 Å². The van der Waals surface area contributed by atoms with Crippen molar-refractivity contribution in [3.05, 3.63) is 12.2 Å². The van der Waals surface area contributed by atoms with E-state index in [-0.39, 0.29) is 17.7 Å². The van der Waals surface area contributed by atoms with Gasteiger partial charge in [-0.2, -0.15) is 0 Å². The molecule has 0 aliphatic carbocycles. The summed E-state index contributed by atoms with van der Waals surface area (Å²) < 4.78 is 10.4. The van der Waals surface area contributed by atoms with Crippen molar-refractivity contribution in [2.24, 2.45) is 5.41 Å². The molecule has 1 rings (SSSR count). The maximum absolute atomic E-state index is 11.3. The van der Waals surface area contributed by atoms with Crippen molar-refractivity contribution >= 4 is 5.97 Å². The summed E-state index contributed by atoms with van der Waals surface area (Å²) in [5, 5.41) is 0. The normalized spacial score (nSPS) is 23.8. The first kappa shape index (κ1) is 11.2. The molecule has 1 fully saturated rings. The van der Waals surface area contributed by atoms with Crippen LogP contribution >= 0.6 is 0 Å². The number of ether oxygens (including phenoxy) is 2. The highest BCUT2D eigenvalue weighted by molar-refractivity contribution is 5.87. The Balaban J connectivity index is 2.54. The van der Waals surface area contributed by atoms with Gasteiger partial charge in [0.05, 0.1) is 12.0 Å². The van der Waals surface area contributed by atoms with Crippen LogP contribution in [0, 0.1) is 5.41 Å². The topological polar surface area (TPSA) is 35.5 Å². The van der Waals surface area contributed by atoms with Gasteiger partial charge in [0, 0.05) is 5.57 Å². The van der Waals surface area contributed by atoms with Crippen LogP contribution in [0.15, 0.2) is 12.2 Å². The van der Waals surface area contributed by atoms with Crippen molar-refractivity contribution in [2.75, 3.05) is 6.61 Å². The van der Waals surface area contributed by atoms with Crippen LogP contribution in [0.4, 0.5) is 0 Å². The van der Waals surface area contributed by atoms with E-state index in [9.17, 15) is 4.79 Å². The van der Waals surface area contributed by atoms with E-state index in [0.717, 1.165) is 12.8 Å². The molecule has 0 aromatic rings. The Morgan fingerprint density at radius 2 is 2.14 bits per heavy atom. The Hall–Kier alpha value is -0.830. The lowest BCUT2D eigenvalue weighted by Crippen LogP contribution is -2.53. The van der Waals surface area contributed by atoms with E-state index in [1.165, 1.54) is 0 Å². The molecular formula is C11H18O3. The molecule has 1 aliphatic heterocycles. The van der Waals surface area contributed by atoms with Gasteiger partial charge < -0.3 is 9.47 Å². The van der Waals surface area contributed by atoms with Crippen LogP contribution in [-0.4, -0.2) is 18.9 Å². The van der Waals surface area contributed by atoms with E-state index in [4.69, 9.17) is 9.47 Å². The second kappa shape index (κ2) is 4.13. The van der Waals surface area contributed by atoms with Crippen molar-refractivity contribution in [3.63, 3.8) is 0 Å². The van der Waals surface area contributed by atoms with Crippen LogP contribution in [0.25, 0.3) is 0 Å². The molecule has 0 radical (unpaired) electrons. The van der Waals surface area contributed by atoms with Crippen LogP contribution in [-0.2, 0) is 14.3 Å². The Kier molecular flexibility index (Phi) is 3.32. The summed E-state index contributed by atoms with van der Waals surface area (Å²) in [6.07, 6.45) is 1.57. The third-order valence-electron chi connectivity index (χ3n) is 2.99. The highest BCUT2D eigenvalue weighted by atomic mass is 16.7. The van der Waals surface area contributed by atoms with Gasteiger partial charge in [-0.25, -0.2) is 4.79 Å². The van der Waals surface area contributed by atoms with Gasteiger partial charge in [0.25, 0.3) is 0 Å². The zero-order valence-electron chi connectivity index (χ0n) is 9.13. The minimum Gasteiger partial charge on any atom is -0.432 e. The zero-order valence-corrected chi connectivity index (χ0v) is 9.13. The molecule has 0 saturated carbocycles. The highest BCUT2D eigenvalue weighted by Crippen LogP contribution is 2.42. The molecule has 0 N–H and O–H groups in total. The quantitative estimate of drug-likeness (QED) is 0.513. The molecule has 3 heteroatoms. The molecule has 1 atom stereocenters. The number of rotatable bonds is 4. The summed E-state index contributed by atoms with van der Waals surface area (Å²) in [6.45, 7) is 10.0. The average Bonchev–Trinajstić information content (AvgIpc) is 2.14. The molecular weight excluding hydrogens is 180 g/mol. The smallest absolute Gasteiger partial charge is 0.335 e. The molecule has 1 saturated heterocycles. The number of esters is 1. The molecule has 80 valence electrons. The molecule has 3 nitrogen and oxygen atoms in total. The van der Waals surface area contributed by atoms with E-state index in [0.29, 0.717) is 12.2 Å². The SMILES string of the molecule is C=C(C)C(=O)OC1OCC1(CC)CC. The minimum atomic E-state index is -0.373. The largest absolute Gasteiger partial charge is 0.432 e. The fraction of sp³-hybridized carbons (Fsp3) is 0.727. The third kappa shape index (κ3) is 1.82. The van der Waals surface area contributed by atoms with Crippen molar-refractivity contribution in [2.45, 2.75) is 39.9 Å². The van der Waals surface area contributed by atoms with Crippen molar-refractivity contribution in [1.29, 1.82) is 0 Å². The predicted molar refractivity (Wildman–Crippen MR) is 53.7 cm³/mol. The van der Waals surface area contributed by atoms with E-state index in [1.807, 2.05) is 0 Å². The van der Waals surface area contributed by atoms with Gasteiger partial charge >= 0.3 is 5.97 Å². The van der Waals surface area contributed by atoms with E-state index in [1.54, 1.807) is 6.92 Å². The summed E-state index contributed by atoms with van der Waals surface area (Å²) in [5.74, 6) is -0.360. The first-order chi connectivity index (χ1) is 6.55. The molecule has 1 unspecified atom stereocenters. The van der Waals surface area contributed by atoms with Crippen molar-refractivity contribution < 1.29 is 14.3 Å². The molecule has 0 aromatic carbocycles. The first-order valence-corrected chi connectivity index (χ1v) is 5.04. The second-order valence-corrected chi connectivity index (χ2v) is 3.90. The standard InChI is InChI=1S/C11H18O3/c1-5-11(6-2)7-13-10(11)14-9(12)8(3)4/h10H,3,5-7H2,1-2,4H3. The molecule has 0 aromatic heterocycles. The molecule has 0 amide bonds. The zero-order chi connectivity index (χ0) is 10.8. The molecule has 1 aliphatic rings. The predicted octanol–water partition coefficient (Wildman–Crippen LogP) is 2.27. The average molecular weight is 198 g/mol. The lowest BCUT2D eigenvalue weighted by molar-refractivity contribution is -0.297. The Morgan fingerprint density at radius 1 is 1.57 bits per heavy atom. The van der Waals surface area contributed by atoms with E-state index < -0.39 is 0 Å². The van der Waals surface area contributed by atoms with Crippen molar-refractivity contribution in [1.82, 2.24) is 0 Å². The summed E-state index contributed by atoms with van der Waals surface area (Å²) >= 11 is 0. The first-order valence-electron chi connectivity index (χ1n) is 5.04. The van der Waals surface area contributed by atoms with Crippen LogP contribution in [0.1, 0.15) is 33.6 Å². The Labute approximate surface area is 85.1 Å². The number of carbonyl (C=O) groups is 1. The fourth-order valence-electron chi connectivity index (χ4n) is 1.53. The number of hydrogen-bond acceptors (Lipinski definition) is 3. The number of carbonyl (C=O) groups excluding carboxylic acids is 1. The van der Waals surface area contributed by atoms with Crippen molar-refractivity contribution in [3.8, 4) is 0 Å². The van der Waals surface area contributed by atoms with Crippen LogP contribution in [0.5, 0.6) is 0 Å². The van der Waals surface area contributed by atoms with Gasteiger partial charge in [-0.05, 0) is 19.8 Å². The van der Waals surface area contributed by atoms with Gasteiger partial charge in [0.15, 0.2) is 0 Å². The maximum atomic E-state index is 11.3. The van der Waals surface area contributed by atoms with Gasteiger partial charge in [0.1, 0.15) is 0 Å². The van der Waals surface area contributed by atoms with Crippen LogP contribution in [0.3, 0.4) is 0 Å². The summed E-state index contributed by atoms with van der Waals surface area (Å²) in [5.41, 5.74) is 0.451. The molecule has 14 heavy (non-hydrogen) atoms. The van der Waals surface area contributed by atoms with Gasteiger partial charge in [0.2, 0.25) is 6.29 Å². The highest BCUT2D eigenvalue weighted by Gasteiger charge is 2.48.